The molecule has 1 N–H and O–H groups in total. The topological polar surface area (TPSA) is 69.0 Å². The minimum absolute atomic E-state index is 0.243. The second-order valence-electron chi connectivity index (χ2n) is 7.61. The number of hydrogen-bond donors (Lipinski definition) is 1. The summed E-state index contributed by atoms with van der Waals surface area (Å²) in [6.07, 6.45) is -0.243. The van der Waals surface area contributed by atoms with Crippen LogP contribution in [0.4, 0.5) is 5.95 Å². The highest BCUT2D eigenvalue weighted by Gasteiger charge is 2.35. The second-order valence-corrected chi connectivity index (χ2v) is 9.40. The predicted molar refractivity (Wildman–Crippen MR) is 128 cm³/mol. The third-order valence-corrected chi connectivity index (χ3v) is 6.40. The molecule has 166 valence electrons. The first kappa shape index (κ1) is 22.7. The van der Waals surface area contributed by atoms with Crippen molar-refractivity contribution in [2.75, 3.05) is 5.32 Å². The molecule has 1 aliphatic rings. The lowest BCUT2D eigenvalue weighted by molar-refractivity contribution is -0.143. The van der Waals surface area contributed by atoms with Gasteiger partial charge in [-0.05, 0) is 50.1 Å². The molecule has 0 saturated heterocycles. The highest BCUT2D eigenvalue weighted by atomic mass is 35.5. The number of benzene rings is 2. The lowest BCUT2D eigenvalue weighted by Crippen LogP contribution is -2.30. The van der Waals surface area contributed by atoms with Crippen molar-refractivity contribution in [1.29, 1.82) is 0 Å². The number of nitrogens with one attached hydrogen (secondary N) is 1. The molecule has 4 rings (SSSR count). The van der Waals surface area contributed by atoms with Crippen molar-refractivity contribution in [2.45, 2.75) is 43.8 Å². The van der Waals surface area contributed by atoms with E-state index in [9.17, 15) is 4.79 Å². The average Bonchev–Trinajstić information content (AvgIpc) is 3.14. The van der Waals surface area contributed by atoms with Gasteiger partial charge >= 0.3 is 5.97 Å². The number of esters is 1. The summed E-state index contributed by atoms with van der Waals surface area (Å²) < 4.78 is 7.26. The van der Waals surface area contributed by atoms with Gasteiger partial charge in [0.1, 0.15) is 6.04 Å². The summed E-state index contributed by atoms with van der Waals surface area (Å²) in [5, 5.41) is 9.82. The Morgan fingerprint density at radius 2 is 1.91 bits per heavy atom. The smallest absolute Gasteiger partial charge is 0.338 e. The van der Waals surface area contributed by atoms with Crippen LogP contribution in [-0.2, 0) is 15.3 Å². The molecule has 0 saturated carbocycles. The number of allylic oxidation sites excluding steroid dienone is 1. The molecule has 32 heavy (non-hydrogen) atoms. The molecule has 0 radical (unpaired) electrons. The zero-order valence-corrected chi connectivity index (χ0v) is 20.1. The van der Waals surface area contributed by atoms with E-state index in [4.69, 9.17) is 33.0 Å². The van der Waals surface area contributed by atoms with E-state index < -0.39 is 12.0 Å². The number of thioether (sulfide) groups is 1. The molecular formula is C23H22Cl2N4O2S. The second kappa shape index (κ2) is 9.57. The van der Waals surface area contributed by atoms with Gasteiger partial charge in [-0.25, -0.2) is 9.48 Å². The molecule has 9 heteroatoms. The Hall–Kier alpha value is -2.48. The Morgan fingerprint density at radius 3 is 2.59 bits per heavy atom. The van der Waals surface area contributed by atoms with Gasteiger partial charge in [-0.3, -0.25) is 0 Å². The number of nitrogens with zero attached hydrogens (tertiary/aromatic N) is 3. The lowest BCUT2D eigenvalue weighted by atomic mass is 9.96. The molecule has 2 aromatic carbocycles. The minimum atomic E-state index is -0.489. The van der Waals surface area contributed by atoms with Crippen molar-refractivity contribution < 1.29 is 9.53 Å². The van der Waals surface area contributed by atoms with E-state index in [1.165, 1.54) is 11.8 Å². The minimum Gasteiger partial charge on any atom is -0.459 e. The Morgan fingerprint density at radius 1 is 1.19 bits per heavy atom. The van der Waals surface area contributed by atoms with Gasteiger partial charge in [0.05, 0.1) is 11.7 Å². The van der Waals surface area contributed by atoms with Crippen LogP contribution in [0, 0.1) is 0 Å². The van der Waals surface area contributed by atoms with Crippen LogP contribution in [0.1, 0.15) is 37.9 Å². The Kier molecular flexibility index (Phi) is 6.79. The molecule has 1 aromatic heterocycles. The fourth-order valence-corrected chi connectivity index (χ4v) is 4.69. The standard InChI is InChI=1S/C23H22Cl2N4O2S/c1-13(2)31-21(30)19-14(3)26-22-27-23(32-12-16-6-4-5-7-18(16)25)28-29(22)20(19)15-8-10-17(24)11-9-15/h4-11,13,20H,12H2,1-3H3,(H,26,27,28). The Labute approximate surface area is 201 Å². The van der Waals surface area contributed by atoms with E-state index in [2.05, 4.69) is 10.3 Å². The fourth-order valence-electron chi connectivity index (χ4n) is 3.45. The first-order valence-corrected chi connectivity index (χ1v) is 11.8. The van der Waals surface area contributed by atoms with Crippen molar-refractivity contribution >= 4 is 46.9 Å². The summed E-state index contributed by atoms with van der Waals surface area (Å²) in [6.45, 7) is 5.49. The summed E-state index contributed by atoms with van der Waals surface area (Å²) in [5.74, 6) is 0.796. The first-order chi connectivity index (χ1) is 15.3. The first-order valence-electron chi connectivity index (χ1n) is 10.1. The van der Waals surface area contributed by atoms with E-state index in [0.717, 1.165) is 11.1 Å². The summed E-state index contributed by atoms with van der Waals surface area (Å²) in [5.41, 5.74) is 3.03. The maximum Gasteiger partial charge on any atom is 0.338 e. The normalized spacial score (nSPS) is 15.5. The van der Waals surface area contributed by atoms with Gasteiger partial charge in [-0.1, -0.05) is 65.3 Å². The molecule has 2 heterocycles. The van der Waals surface area contributed by atoms with Crippen LogP contribution >= 0.6 is 35.0 Å². The number of aromatic nitrogens is 3. The van der Waals surface area contributed by atoms with Gasteiger partial charge in [0.2, 0.25) is 11.1 Å². The molecule has 0 fully saturated rings. The molecule has 0 spiro atoms. The van der Waals surface area contributed by atoms with Crippen molar-refractivity contribution in [2.24, 2.45) is 0 Å². The van der Waals surface area contributed by atoms with E-state index in [-0.39, 0.29) is 6.10 Å². The molecule has 1 unspecified atom stereocenters. The molecule has 1 aliphatic heterocycles. The molecule has 1 atom stereocenters. The highest BCUT2D eigenvalue weighted by molar-refractivity contribution is 7.98. The van der Waals surface area contributed by atoms with Gasteiger partial charge in [0.15, 0.2) is 0 Å². The quantitative estimate of drug-likeness (QED) is 0.333. The molecule has 0 bridgehead atoms. The number of hydrogen-bond acceptors (Lipinski definition) is 6. The van der Waals surface area contributed by atoms with E-state index in [1.807, 2.05) is 57.2 Å². The van der Waals surface area contributed by atoms with Crippen LogP contribution in [0.2, 0.25) is 10.0 Å². The van der Waals surface area contributed by atoms with E-state index >= 15 is 0 Å². The van der Waals surface area contributed by atoms with Gasteiger partial charge in [0, 0.05) is 21.5 Å². The zero-order chi connectivity index (χ0) is 22.8. The molecule has 6 nitrogen and oxygen atoms in total. The van der Waals surface area contributed by atoms with Crippen LogP contribution < -0.4 is 5.32 Å². The number of fused-ring (bicyclic) bond motifs is 1. The number of rotatable bonds is 6. The van der Waals surface area contributed by atoms with Crippen LogP contribution in [0.15, 0.2) is 65.0 Å². The van der Waals surface area contributed by atoms with Crippen LogP contribution in [0.3, 0.4) is 0 Å². The number of halogens is 2. The third kappa shape index (κ3) is 4.80. The fraction of sp³-hybridized carbons (Fsp3) is 0.261. The van der Waals surface area contributed by atoms with Crippen molar-refractivity contribution in [1.82, 2.24) is 14.8 Å². The monoisotopic (exact) mass is 488 g/mol. The number of carbonyl (C=O) groups excluding carboxylic acids is 1. The third-order valence-electron chi connectivity index (χ3n) is 4.90. The predicted octanol–water partition coefficient (Wildman–Crippen LogP) is 6.12. The van der Waals surface area contributed by atoms with Crippen LogP contribution in [0.25, 0.3) is 0 Å². The van der Waals surface area contributed by atoms with Gasteiger partial charge in [-0.2, -0.15) is 4.98 Å². The lowest BCUT2D eigenvalue weighted by Gasteiger charge is -2.28. The van der Waals surface area contributed by atoms with Crippen LogP contribution in [-0.4, -0.2) is 26.8 Å². The molecular weight excluding hydrogens is 467 g/mol. The molecule has 0 aliphatic carbocycles. The van der Waals surface area contributed by atoms with Crippen molar-refractivity contribution in [3.8, 4) is 0 Å². The summed E-state index contributed by atoms with van der Waals surface area (Å²) in [4.78, 5) is 17.6. The SMILES string of the molecule is CC1=C(C(=O)OC(C)C)C(c2ccc(Cl)cc2)n2nc(SCc3ccccc3Cl)nc2N1. The van der Waals surface area contributed by atoms with Crippen LogP contribution in [0.5, 0.6) is 0 Å². The molecule has 3 aromatic rings. The van der Waals surface area contributed by atoms with Gasteiger partial charge in [0.25, 0.3) is 0 Å². The van der Waals surface area contributed by atoms with Gasteiger partial charge in [-0.15, -0.1) is 5.10 Å². The summed E-state index contributed by atoms with van der Waals surface area (Å²) in [6, 6.07) is 14.6. The van der Waals surface area contributed by atoms with E-state index in [0.29, 0.717) is 38.2 Å². The maximum atomic E-state index is 13.0. The van der Waals surface area contributed by atoms with Crippen molar-refractivity contribution in [3.63, 3.8) is 0 Å². The largest absolute Gasteiger partial charge is 0.459 e. The zero-order valence-electron chi connectivity index (χ0n) is 17.8. The highest BCUT2D eigenvalue weighted by Crippen LogP contribution is 2.37. The van der Waals surface area contributed by atoms with Gasteiger partial charge < -0.3 is 10.1 Å². The maximum absolute atomic E-state index is 13.0. The number of anilines is 1. The number of ether oxygens (including phenoxy) is 1. The summed E-state index contributed by atoms with van der Waals surface area (Å²) in [7, 11) is 0. The van der Waals surface area contributed by atoms with E-state index in [1.54, 1.807) is 16.8 Å². The molecule has 0 amide bonds. The Bertz CT molecular complexity index is 1170. The Balaban J connectivity index is 1.70. The number of carbonyl (C=O) groups is 1. The van der Waals surface area contributed by atoms with Crippen molar-refractivity contribution in [3.05, 3.63) is 81.0 Å². The average molecular weight is 489 g/mol. The summed E-state index contributed by atoms with van der Waals surface area (Å²) >= 11 is 13.9.